The lowest BCUT2D eigenvalue weighted by Gasteiger charge is -2.06. The smallest absolute Gasteiger partial charge is 0.262 e. The molecule has 1 amide bonds. The fourth-order valence-corrected chi connectivity index (χ4v) is 3.57. The van der Waals surface area contributed by atoms with Gasteiger partial charge in [-0.3, -0.25) is 9.59 Å². The number of fused-ring (bicyclic) bond motifs is 1. The van der Waals surface area contributed by atoms with Gasteiger partial charge in [-0.25, -0.2) is 9.67 Å². The van der Waals surface area contributed by atoms with Gasteiger partial charge in [0.1, 0.15) is 5.39 Å². The van der Waals surface area contributed by atoms with Crippen molar-refractivity contribution in [3.05, 3.63) is 75.7 Å². The van der Waals surface area contributed by atoms with E-state index in [1.165, 1.54) is 6.20 Å². The fourth-order valence-electron chi connectivity index (χ4n) is 2.73. The van der Waals surface area contributed by atoms with Crippen LogP contribution in [0.5, 0.6) is 0 Å². The van der Waals surface area contributed by atoms with Crippen LogP contribution >= 0.6 is 23.4 Å². The predicted octanol–water partition coefficient (Wildman–Crippen LogP) is 3.80. The average molecular weight is 426 g/mol. The van der Waals surface area contributed by atoms with Crippen LogP contribution in [-0.4, -0.2) is 31.4 Å². The molecule has 2 heterocycles. The molecule has 2 aromatic carbocycles. The zero-order chi connectivity index (χ0) is 20.4. The number of nitrogens with one attached hydrogen (secondary N) is 2. The van der Waals surface area contributed by atoms with Crippen LogP contribution in [-0.2, 0) is 4.79 Å². The lowest BCUT2D eigenvalue weighted by atomic mass is 10.2. The summed E-state index contributed by atoms with van der Waals surface area (Å²) < 4.78 is 1.55. The number of thioether (sulfide) groups is 1. The van der Waals surface area contributed by atoms with E-state index in [1.807, 2.05) is 37.3 Å². The number of H-pyrrole nitrogens is 1. The number of aromatic amines is 1. The monoisotopic (exact) mass is 425 g/mol. The minimum atomic E-state index is -0.315. The lowest BCUT2D eigenvalue weighted by molar-refractivity contribution is -0.113. The third-order valence-electron chi connectivity index (χ3n) is 4.14. The molecule has 4 aromatic rings. The van der Waals surface area contributed by atoms with Gasteiger partial charge in [0.2, 0.25) is 5.91 Å². The molecule has 0 atom stereocenters. The van der Waals surface area contributed by atoms with Crippen LogP contribution in [0.25, 0.3) is 16.7 Å². The summed E-state index contributed by atoms with van der Waals surface area (Å²) >= 11 is 7.20. The maximum absolute atomic E-state index is 12.4. The van der Waals surface area contributed by atoms with Crippen LogP contribution in [0.2, 0.25) is 5.02 Å². The van der Waals surface area contributed by atoms with Crippen LogP contribution in [0.3, 0.4) is 0 Å². The average Bonchev–Trinajstić information content (AvgIpc) is 3.13. The Morgan fingerprint density at radius 1 is 1.24 bits per heavy atom. The molecule has 146 valence electrons. The lowest BCUT2D eigenvalue weighted by Crippen LogP contribution is -2.15. The molecule has 0 bridgehead atoms. The van der Waals surface area contributed by atoms with Crippen LogP contribution in [0.4, 0.5) is 5.69 Å². The molecule has 0 saturated heterocycles. The highest BCUT2D eigenvalue weighted by Crippen LogP contribution is 2.20. The number of hydrogen-bond donors (Lipinski definition) is 2. The number of halogens is 1. The number of rotatable bonds is 5. The Bertz CT molecular complexity index is 1250. The molecule has 0 aliphatic carbocycles. The summed E-state index contributed by atoms with van der Waals surface area (Å²) in [6.45, 7) is 1.98. The minimum absolute atomic E-state index is 0.105. The first-order valence-corrected chi connectivity index (χ1v) is 10.1. The summed E-state index contributed by atoms with van der Waals surface area (Å²) in [7, 11) is 0. The van der Waals surface area contributed by atoms with Crippen molar-refractivity contribution in [1.29, 1.82) is 0 Å². The van der Waals surface area contributed by atoms with E-state index in [0.717, 1.165) is 23.0 Å². The second-order valence-electron chi connectivity index (χ2n) is 6.35. The van der Waals surface area contributed by atoms with Crippen LogP contribution in [0.15, 0.2) is 64.7 Å². The van der Waals surface area contributed by atoms with E-state index in [4.69, 9.17) is 11.6 Å². The van der Waals surface area contributed by atoms with Crippen molar-refractivity contribution in [3.63, 3.8) is 0 Å². The zero-order valence-electron chi connectivity index (χ0n) is 15.3. The number of benzene rings is 2. The van der Waals surface area contributed by atoms with E-state index in [9.17, 15) is 9.59 Å². The molecule has 0 aliphatic heterocycles. The van der Waals surface area contributed by atoms with Gasteiger partial charge < -0.3 is 10.3 Å². The van der Waals surface area contributed by atoms with E-state index in [1.54, 1.807) is 22.9 Å². The molecule has 2 N–H and O–H groups in total. The topological polar surface area (TPSA) is 92.7 Å². The van der Waals surface area contributed by atoms with E-state index in [2.05, 4.69) is 20.4 Å². The van der Waals surface area contributed by atoms with Gasteiger partial charge in [-0.2, -0.15) is 5.10 Å². The Kier molecular flexibility index (Phi) is 5.37. The molecule has 0 radical (unpaired) electrons. The fraction of sp³-hybridized carbons (Fsp3) is 0.100. The Morgan fingerprint density at radius 2 is 2.03 bits per heavy atom. The summed E-state index contributed by atoms with van der Waals surface area (Å²) in [4.78, 5) is 31.8. The predicted molar refractivity (Wildman–Crippen MR) is 115 cm³/mol. The molecule has 2 aromatic heterocycles. The summed E-state index contributed by atoms with van der Waals surface area (Å²) in [5, 5.41) is 8.32. The molecule has 0 saturated carbocycles. The molecule has 0 unspecified atom stereocenters. The highest BCUT2D eigenvalue weighted by atomic mass is 35.5. The number of carbonyl (C=O) groups is 1. The van der Waals surface area contributed by atoms with Gasteiger partial charge in [-0.1, -0.05) is 47.1 Å². The maximum atomic E-state index is 12.4. The van der Waals surface area contributed by atoms with Gasteiger partial charge in [0.05, 0.1) is 17.6 Å². The molecule has 7 nitrogen and oxygen atoms in total. The number of hydrogen-bond acceptors (Lipinski definition) is 5. The first-order chi connectivity index (χ1) is 14.0. The van der Waals surface area contributed by atoms with Gasteiger partial charge >= 0.3 is 0 Å². The molecule has 29 heavy (non-hydrogen) atoms. The third-order valence-corrected chi connectivity index (χ3v) is 5.25. The van der Waals surface area contributed by atoms with E-state index in [-0.39, 0.29) is 17.2 Å². The number of carbonyl (C=O) groups excluding carboxylic acids is 1. The van der Waals surface area contributed by atoms with Crippen LogP contribution in [0.1, 0.15) is 5.56 Å². The summed E-state index contributed by atoms with van der Waals surface area (Å²) in [5.41, 5.74) is 2.61. The Morgan fingerprint density at radius 3 is 2.79 bits per heavy atom. The van der Waals surface area contributed by atoms with Gasteiger partial charge in [0, 0.05) is 10.7 Å². The van der Waals surface area contributed by atoms with Crippen molar-refractivity contribution < 1.29 is 4.79 Å². The Hall–Kier alpha value is -3.10. The summed E-state index contributed by atoms with van der Waals surface area (Å²) in [6, 6.07) is 14.6. The Labute approximate surface area is 175 Å². The molecule has 9 heteroatoms. The van der Waals surface area contributed by atoms with Crippen molar-refractivity contribution in [2.24, 2.45) is 0 Å². The number of anilines is 1. The van der Waals surface area contributed by atoms with Gasteiger partial charge in [0.15, 0.2) is 10.8 Å². The van der Waals surface area contributed by atoms with E-state index in [0.29, 0.717) is 26.9 Å². The standard InChI is InChI=1S/C20H16ClN5O2S/c1-12-5-7-14(8-6-12)23-17(27)11-29-20-24-18-16(19(28)25-20)10-22-26(18)15-4-2-3-13(21)9-15/h2-10H,11H2,1H3,(H,23,27)(H,24,25,28). The highest BCUT2D eigenvalue weighted by molar-refractivity contribution is 7.99. The second kappa shape index (κ2) is 8.10. The zero-order valence-corrected chi connectivity index (χ0v) is 16.9. The number of nitrogens with zero attached hydrogens (tertiary/aromatic N) is 3. The van der Waals surface area contributed by atoms with Crippen molar-refractivity contribution in [2.45, 2.75) is 12.1 Å². The van der Waals surface area contributed by atoms with E-state index < -0.39 is 0 Å². The molecular weight excluding hydrogens is 410 g/mol. The minimum Gasteiger partial charge on any atom is -0.325 e. The summed E-state index contributed by atoms with van der Waals surface area (Å²) in [5.74, 6) is -0.0851. The normalized spacial score (nSPS) is 11.0. The SMILES string of the molecule is Cc1ccc(NC(=O)CSc2nc3c(cnn3-c3cccc(Cl)c3)c(=O)[nH]2)cc1. The number of aryl methyl sites for hydroxylation is 1. The van der Waals surface area contributed by atoms with Gasteiger partial charge in [0.25, 0.3) is 5.56 Å². The highest BCUT2D eigenvalue weighted by Gasteiger charge is 2.13. The molecular formula is C20H16ClN5O2S. The van der Waals surface area contributed by atoms with Crippen molar-refractivity contribution in [2.75, 3.05) is 11.1 Å². The van der Waals surface area contributed by atoms with Gasteiger partial charge in [-0.05, 0) is 37.3 Å². The van der Waals surface area contributed by atoms with Crippen LogP contribution < -0.4 is 10.9 Å². The summed E-state index contributed by atoms with van der Waals surface area (Å²) in [6.07, 6.45) is 1.46. The number of aromatic nitrogens is 4. The largest absolute Gasteiger partial charge is 0.325 e. The molecule has 0 spiro atoms. The quantitative estimate of drug-likeness (QED) is 0.374. The third kappa shape index (κ3) is 4.33. The van der Waals surface area contributed by atoms with Crippen molar-refractivity contribution in [1.82, 2.24) is 19.7 Å². The molecule has 4 rings (SSSR count). The Balaban J connectivity index is 1.55. The first kappa shape index (κ1) is 19.2. The number of amides is 1. The second-order valence-corrected chi connectivity index (χ2v) is 7.75. The van der Waals surface area contributed by atoms with Crippen molar-refractivity contribution >= 4 is 46.0 Å². The molecule has 0 aliphatic rings. The maximum Gasteiger partial charge on any atom is 0.262 e. The van der Waals surface area contributed by atoms with Crippen LogP contribution in [0, 0.1) is 6.92 Å². The van der Waals surface area contributed by atoms with Crippen molar-refractivity contribution in [3.8, 4) is 5.69 Å². The van der Waals surface area contributed by atoms with Gasteiger partial charge in [-0.15, -0.1) is 0 Å². The van der Waals surface area contributed by atoms with E-state index >= 15 is 0 Å². The first-order valence-electron chi connectivity index (χ1n) is 8.73. The molecule has 0 fully saturated rings.